The first-order chi connectivity index (χ1) is 13.1. The summed E-state index contributed by atoms with van der Waals surface area (Å²) in [6.45, 7) is 4.90. The van der Waals surface area contributed by atoms with E-state index in [0.717, 1.165) is 24.6 Å². The number of amides is 2. The molecular formula is C21H26N4O2. The molecule has 1 aliphatic heterocycles. The van der Waals surface area contributed by atoms with E-state index in [4.69, 9.17) is 0 Å². The van der Waals surface area contributed by atoms with Gasteiger partial charge in [0.25, 0.3) is 0 Å². The summed E-state index contributed by atoms with van der Waals surface area (Å²) >= 11 is 0. The summed E-state index contributed by atoms with van der Waals surface area (Å²) in [6, 6.07) is 15.3. The van der Waals surface area contributed by atoms with Gasteiger partial charge in [0.2, 0.25) is 11.8 Å². The van der Waals surface area contributed by atoms with E-state index in [1.807, 2.05) is 60.4 Å². The lowest BCUT2D eigenvalue weighted by molar-refractivity contribution is -0.132. The van der Waals surface area contributed by atoms with E-state index in [1.165, 1.54) is 0 Å². The second kappa shape index (κ2) is 9.16. The van der Waals surface area contributed by atoms with Crippen molar-refractivity contribution in [2.75, 3.05) is 36.4 Å². The van der Waals surface area contributed by atoms with Gasteiger partial charge in [0, 0.05) is 50.9 Å². The summed E-state index contributed by atoms with van der Waals surface area (Å²) in [4.78, 5) is 33.1. The molecule has 6 heteroatoms. The normalized spacial score (nSPS) is 15.3. The van der Waals surface area contributed by atoms with Crippen molar-refractivity contribution in [2.45, 2.75) is 19.8 Å². The van der Waals surface area contributed by atoms with E-state index in [2.05, 4.69) is 15.2 Å². The Bertz CT molecular complexity index is 743. The van der Waals surface area contributed by atoms with Gasteiger partial charge in [-0.25, -0.2) is 4.98 Å². The fraction of sp³-hybridized carbons (Fsp3) is 0.381. The molecule has 142 valence electrons. The maximum absolute atomic E-state index is 12.6. The second-order valence-corrected chi connectivity index (χ2v) is 6.98. The number of carbonyl (C=O) groups excluding carboxylic acids is 2. The molecule has 1 unspecified atom stereocenters. The molecule has 27 heavy (non-hydrogen) atoms. The minimum Gasteiger partial charge on any atom is -0.353 e. The third-order valence-electron chi connectivity index (χ3n) is 4.72. The van der Waals surface area contributed by atoms with Crippen LogP contribution in [0.4, 0.5) is 11.5 Å². The highest BCUT2D eigenvalue weighted by atomic mass is 16.2. The molecule has 1 atom stereocenters. The van der Waals surface area contributed by atoms with Crippen LogP contribution in [0.3, 0.4) is 0 Å². The molecule has 2 heterocycles. The number of piperazine rings is 1. The number of benzene rings is 1. The maximum Gasteiger partial charge on any atom is 0.224 e. The van der Waals surface area contributed by atoms with E-state index in [0.29, 0.717) is 25.9 Å². The van der Waals surface area contributed by atoms with Crippen molar-refractivity contribution in [2.24, 2.45) is 5.92 Å². The van der Waals surface area contributed by atoms with Crippen molar-refractivity contribution in [3.8, 4) is 0 Å². The SMILES string of the molecule is CC(CC(=O)Nc1ccccc1)CC(=O)N1CCN(c2ccccn2)CC1. The monoisotopic (exact) mass is 366 g/mol. The van der Waals surface area contributed by atoms with E-state index in [-0.39, 0.29) is 17.7 Å². The molecule has 0 aliphatic carbocycles. The van der Waals surface area contributed by atoms with Crippen LogP contribution >= 0.6 is 0 Å². The molecule has 1 aromatic heterocycles. The van der Waals surface area contributed by atoms with Crippen molar-refractivity contribution in [3.05, 3.63) is 54.7 Å². The Morgan fingerprint density at radius 1 is 1.00 bits per heavy atom. The molecule has 1 N–H and O–H groups in total. The Morgan fingerprint density at radius 2 is 1.70 bits per heavy atom. The largest absolute Gasteiger partial charge is 0.353 e. The van der Waals surface area contributed by atoms with Gasteiger partial charge in [-0.05, 0) is 30.2 Å². The minimum atomic E-state index is -0.0542. The molecule has 0 saturated carbocycles. The fourth-order valence-corrected chi connectivity index (χ4v) is 3.28. The second-order valence-electron chi connectivity index (χ2n) is 6.98. The number of hydrogen-bond acceptors (Lipinski definition) is 4. The van der Waals surface area contributed by atoms with E-state index >= 15 is 0 Å². The van der Waals surface area contributed by atoms with Crippen LogP contribution in [0.5, 0.6) is 0 Å². The van der Waals surface area contributed by atoms with Crippen LogP contribution in [-0.4, -0.2) is 47.9 Å². The maximum atomic E-state index is 12.6. The topological polar surface area (TPSA) is 65.5 Å². The Kier molecular flexibility index (Phi) is 6.41. The Hall–Kier alpha value is -2.89. The van der Waals surface area contributed by atoms with Gasteiger partial charge in [-0.1, -0.05) is 31.2 Å². The van der Waals surface area contributed by atoms with Crippen LogP contribution in [0.1, 0.15) is 19.8 Å². The Balaban J connectivity index is 1.41. The number of pyridine rings is 1. The number of rotatable bonds is 6. The van der Waals surface area contributed by atoms with E-state index in [1.54, 1.807) is 6.20 Å². The van der Waals surface area contributed by atoms with Gasteiger partial charge in [0.1, 0.15) is 5.82 Å². The highest BCUT2D eigenvalue weighted by Gasteiger charge is 2.23. The van der Waals surface area contributed by atoms with Crippen LogP contribution in [0.2, 0.25) is 0 Å². The first-order valence-corrected chi connectivity index (χ1v) is 9.40. The summed E-state index contributed by atoms with van der Waals surface area (Å²) in [7, 11) is 0. The number of carbonyl (C=O) groups is 2. The average molecular weight is 366 g/mol. The number of para-hydroxylation sites is 1. The first-order valence-electron chi connectivity index (χ1n) is 9.40. The van der Waals surface area contributed by atoms with Gasteiger partial charge in [0.15, 0.2) is 0 Å². The summed E-state index contributed by atoms with van der Waals surface area (Å²) in [5.41, 5.74) is 0.784. The van der Waals surface area contributed by atoms with Crippen LogP contribution in [0, 0.1) is 5.92 Å². The summed E-state index contributed by atoms with van der Waals surface area (Å²) in [5.74, 6) is 1.03. The average Bonchev–Trinajstić information content (AvgIpc) is 2.69. The van der Waals surface area contributed by atoms with E-state index in [9.17, 15) is 9.59 Å². The molecule has 1 saturated heterocycles. The van der Waals surface area contributed by atoms with Gasteiger partial charge >= 0.3 is 0 Å². The summed E-state index contributed by atoms with van der Waals surface area (Å²) in [5, 5.41) is 2.87. The van der Waals surface area contributed by atoms with Crippen molar-refractivity contribution in [1.82, 2.24) is 9.88 Å². The number of aromatic nitrogens is 1. The molecular weight excluding hydrogens is 340 g/mol. The van der Waals surface area contributed by atoms with Crippen LogP contribution in [0.15, 0.2) is 54.7 Å². The molecule has 6 nitrogen and oxygen atoms in total. The Labute approximate surface area is 160 Å². The lowest BCUT2D eigenvalue weighted by Gasteiger charge is -2.35. The number of nitrogens with zero attached hydrogens (tertiary/aromatic N) is 3. The molecule has 2 aromatic rings. The molecule has 0 spiro atoms. The Morgan fingerprint density at radius 3 is 2.37 bits per heavy atom. The smallest absolute Gasteiger partial charge is 0.224 e. The zero-order valence-electron chi connectivity index (χ0n) is 15.7. The quantitative estimate of drug-likeness (QED) is 0.854. The molecule has 3 rings (SSSR count). The number of hydrogen-bond donors (Lipinski definition) is 1. The van der Waals surface area contributed by atoms with Crippen molar-refractivity contribution in [1.29, 1.82) is 0 Å². The molecule has 1 aromatic carbocycles. The first kappa shape index (κ1) is 18.9. The van der Waals surface area contributed by atoms with Crippen LogP contribution in [0.25, 0.3) is 0 Å². The standard InChI is InChI=1S/C21H26N4O2/c1-17(15-20(26)23-18-7-3-2-4-8-18)16-21(27)25-13-11-24(12-14-25)19-9-5-6-10-22-19/h2-10,17H,11-16H2,1H3,(H,23,26). The molecule has 0 bridgehead atoms. The molecule has 0 radical (unpaired) electrons. The summed E-state index contributed by atoms with van der Waals surface area (Å²) < 4.78 is 0. The number of nitrogens with one attached hydrogen (secondary N) is 1. The van der Waals surface area contributed by atoms with Gasteiger partial charge in [0.05, 0.1) is 0 Å². The van der Waals surface area contributed by atoms with E-state index < -0.39 is 0 Å². The predicted octanol–water partition coefficient (Wildman–Crippen LogP) is 2.79. The summed E-state index contributed by atoms with van der Waals surface area (Å²) in [6.07, 6.45) is 2.52. The third kappa shape index (κ3) is 5.54. The van der Waals surface area contributed by atoms with Crippen LogP contribution < -0.4 is 10.2 Å². The van der Waals surface area contributed by atoms with Crippen molar-refractivity contribution in [3.63, 3.8) is 0 Å². The van der Waals surface area contributed by atoms with Crippen molar-refractivity contribution >= 4 is 23.3 Å². The zero-order valence-corrected chi connectivity index (χ0v) is 15.7. The van der Waals surface area contributed by atoms with Gasteiger partial charge in [-0.3, -0.25) is 9.59 Å². The third-order valence-corrected chi connectivity index (χ3v) is 4.72. The molecule has 1 fully saturated rings. The predicted molar refractivity (Wildman–Crippen MR) is 106 cm³/mol. The fourth-order valence-electron chi connectivity index (χ4n) is 3.28. The van der Waals surface area contributed by atoms with Crippen LogP contribution in [-0.2, 0) is 9.59 Å². The van der Waals surface area contributed by atoms with Gasteiger partial charge < -0.3 is 15.1 Å². The van der Waals surface area contributed by atoms with Crippen molar-refractivity contribution < 1.29 is 9.59 Å². The molecule has 2 amide bonds. The van der Waals surface area contributed by atoms with Gasteiger partial charge in [-0.15, -0.1) is 0 Å². The minimum absolute atomic E-state index is 0.00929. The lowest BCUT2D eigenvalue weighted by atomic mass is 10.0. The lowest BCUT2D eigenvalue weighted by Crippen LogP contribution is -2.49. The number of anilines is 2. The zero-order chi connectivity index (χ0) is 19.1. The highest BCUT2D eigenvalue weighted by molar-refractivity contribution is 5.91. The molecule has 1 aliphatic rings. The van der Waals surface area contributed by atoms with Gasteiger partial charge in [-0.2, -0.15) is 0 Å². The highest BCUT2D eigenvalue weighted by Crippen LogP contribution is 2.16.